The topological polar surface area (TPSA) is 88.7 Å². The van der Waals surface area contributed by atoms with Gasteiger partial charge in [0.05, 0.1) is 18.2 Å². The molecule has 0 aliphatic rings. The Hall–Kier alpha value is -3.43. The van der Waals surface area contributed by atoms with Gasteiger partial charge in [0.2, 0.25) is 0 Å². The molecule has 9 heteroatoms. The molecular formula is C24H22BrN3O4S. The molecule has 0 spiro atoms. The first-order chi connectivity index (χ1) is 16.0. The van der Waals surface area contributed by atoms with Gasteiger partial charge in [0.15, 0.2) is 5.11 Å². The van der Waals surface area contributed by atoms with E-state index in [4.69, 9.17) is 21.7 Å². The molecule has 0 unspecified atom stereocenters. The summed E-state index contributed by atoms with van der Waals surface area (Å²) in [7, 11) is 1.54. The van der Waals surface area contributed by atoms with E-state index in [2.05, 4.69) is 32.1 Å². The van der Waals surface area contributed by atoms with E-state index in [1.165, 1.54) is 12.7 Å². The summed E-state index contributed by atoms with van der Waals surface area (Å²) in [6, 6.07) is 21.7. The normalized spacial score (nSPS) is 10.1. The second kappa shape index (κ2) is 12.0. The fourth-order valence-electron chi connectivity index (χ4n) is 2.83. The van der Waals surface area contributed by atoms with Crippen molar-refractivity contribution in [3.63, 3.8) is 0 Å². The van der Waals surface area contributed by atoms with E-state index in [-0.39, 0.29) is 5.11 Å². The number of hydrogen-bond acceptors (Lipinski definition) is 5. The molecule has 2 amide bonds. The minimum absolute atomic E-state index is 0.0379. The largest absolute Gasteiger partial charge is 0.496 e. The van der Waals surface area contributed by atoms with Gasteiger partial charge in [-0.15, -0.1) is 0 Å². The Morgan fingerprint density at radius 2 is 1.61 bits per heavy atom. The standard InChI is InChI=1S/C24H22BrN3O4S/c1-31-21-12-9-18(15-20(21)25)23(30)27-28-24(33)26-22(29)17-7-10-19(11-8-17)32-14-13-16-5-3-2-4-6-16/h2-12,15H,13-14H2,1H3,(H,27,30)(H2,26,28,29,33). The van der Waals surface area contributed by atoms with Crippen LogP contribution in [0.15, 0.2) is 77.3 Å². The summed E-state index contributed by atoms with van der Waals surface area (Å²) < 4.78 is 11.5. The lowest BCUT2D eigenvalue weighted by Crippen LogP contribution is -2.48. The predicted molar refractivity (Wildman–Crippen MR) is 133 cm³/mol. The molecule has 3 N–H and O–H groups in total. The van der Waals surface area contributed by atoms with Crippen LogP contribution in [0.3, 0.4) is 0 Å². The number of carbonyl (C=O) groups is 2. The Labute approximate surface area is 205 Å². The molecule has 0 aliphatic carbocycles. The highest BCUT2D eigenvalue weighted by molar-refractivity contribution is 9.10. The number of nitrogens with one attached hydrogen (secondary N) is 3. The molecule has 0 aliphatic heterocycles. The van der Waals surface area contributed by atoms with Gasteiger partial charge < -0.3 is 9.47 Å². The van der Waals surface area contributed by atoms with Crippen molar-refractivity contribution in [3.8, 4) is 11.5 Å². The van der Waals surface area contributed by atoms with Crippen molar-refractivity contribution in [1.82, 2.24) is 16.2 Å². The third-order valence-corrected chi connectivity index (χ3v) is 5.37. The first kappa shape index (κ1) is 24.2. The van der Waals surface area contributed by atoms with Gasteiger partial charge in [-0.25, -0.2) is 0 Å². The van der Waals surface area contributed by atoms with E-state index >= 15 is 0 Å². The van der Waals surface area contributed by atoms with E-state index in [1.807, 2.05) is 30.3 Å². The van der Waals surface area contributed by atoms with E-state index < -0.39 is 11.8 Å². The molecule has 3 aromatic carbocycles. The van der Waals surface area contributed by atoms with E-state index in [9.17, 15) is 9.59 Å². The molecule has 7 nitrogen and oxygen atoms in total. The van der Waals surface area contributed by atoms with Crippen LogP contribution in [0.1, 0.15) is 26.3 Å². The fourth-order valence-corrected chi connectivity index (χ4v) is 3.52. The van der Waals surface area contributed by atoms with Gasteiger partial charge in [-0.1, -0.05) is 30.3 Å². The summed E-state index contributed by atoms with van der Waals surface area (Å²) in [5.74, 6) is 0.438. The van der Waals surface area contributed by atoms with Crippen molar-refractivity contribution in [2.45, 2.75) is 6.42 Å². The minimum atomic E-state index is -0.424. The smallest absolute Gasteiger partial charge is 0.269 e. The zero-order valence-corrected chi connectivity index (χ0v) is 20.2. The highest BCUT2D eigenvalue weighted by Gasteiger charge is 2.11. The fraction of sp³-hybridized carbons (Fsp3) is 0.125. The van der Waals surface area contributed by atoms with Crippen LogP contribution in [-0.4, -0.2) is 30.6 Å². The number of rotatable bonds is 7. The monoisotopic (exact) mass is 527 g/mol. The highest BCUT2D eigenvalue weighted by atomic mass is 79.9. The Kier molecular flexibility index (Phi) is 8.79. The molecular weight excluding hydrogens is 506 g/mol. The highest BCUT2D eigenvalue weighted by Crippen LogP contribution is 2.25. The van der Waals surface area contributed by atoms with Crippen LogP contribution in [-0.2, 0) is 6.42 Å². The maximum Gasteiger partial charge on any atom is 0.269 e. The Morgan fingerprint density at radius 3 is 2.27 bits per heavy atom. The molecule has 0 saturated carbocycles. The average molecular weight is 528 g/mol. The maximum absolute atomic E-state index is 12.4. The van der Waals surface area contributed by atoms with E-state index in [0.29, 0.717) is 33.7 Å². The zero-order valence-electron chi connectivity index (χ0n) is 17.8. The van der Waals surface area contributed by atoms with Crippen molar-refractivity contribution in [3.05, 3.63) is 94.0 Å². The zero-order chi connectivity index (χ0) is 23.6. The number of ether oxygens (including phenoxy) is 2. The second-order valence-electron chi connectivity index (χ2n) is 6.82. The van der Waals surface area contributed by atoms with Crippen molar-refractivity contribution in [1.29, 1.82) is 0 Å². The van der Waals surface area contributed by atoms with Gasteiger partial charge in [-0.05, 0) is 76.2 Å². The van der Waals surface area contributed by atoms with Crippen LogP contribution >= 0.6 is 28.1 Å². The van der Waals surface area contributed by atoms with Gasteiger partial charge in [0.1, 0.15) is 11.5 Å². The third-order valence-electron chi connectivity index (χ3n) is 4.55. The lowest BCUT2D eigenvalue weighted by Gasteiger charge is -2.12. The lowest BCUT2D eigenvalue weighted by molar-refractivity contribution is 0.0934. The van der Waals surface area contributed by atoms with Crippen molar-refractivity contribution >= 4 is 45.1 Å². The summed E-state index contributed by atoms with van der Waals surface area (Å²) in [5.41, 5.74) is 6.93. The predicted octanol–water partition coefficient (Wildman–Crippen LogP) is 4.03. The van der Waals surface area contributed by atoms with Crippen molar-refractivity contribution in [2.75, 3.05) is 13.7 Å². The van der Waals surface area contributed by atoms with Crippen LogP contribution in [0.2, 0.25) is 0 Å². The number of hydrogen-bond donors (Lipinski definition) is 3. The first-order valence-corrected chi connectivity index (χ1v) is 11.2. The lowest BCUT2D eigenvalue weighted by atomic mass is 10.2. The van der Waals surface area contributed by atoms with E-state index in [0.717, 1.165) is 6.42 Å². The molecule has 3 rings (SSSR count). The van der Waals surface area contributed by atoms with E-state index in [1.54, 1.807) is 42.5 Å². The van der Waals surface area contributed by atoms with Gasteiger partial charge >= 0.3 is 0 Å². The number of methoxy groups -OCH3 is 1. The summed E-state index contributed by atoms with van der Waals surface area (Å²) in [6.45, 7) is 0.536. The number of benzene rings is 3. The summed E-state index contributed by atoms with van der Waals surface area (Å²) in [4.78, 5) is 24.6. The molecule has 0 atom stereocenters. The average Bonchev–Trinajstić information content (AvgIpc) is 2.83. The van der Waals surface area contributed by atoms with Crippen molar-refractivity contribution < 1.29 is 19.1 Å². The summed E-state index contributed by atoms with van der Waals surface area (Å²) in [6.07, 6.45) is 0.794. The summed E-state index contributed by atoms with van der Waals surface area (Å²) >= 11 is 8.41. The Bertz CT molecular complexity index is 1120. The molecule has 33 heavy (non-hydrogen) atoms. The summed E-state index contributed by atoms with van der Waals surface area (Å²) in [5, 5.41) is 2.48. The van der Waals surface area contributed by atoms with Crippen LogP contribution in [0.4, 0.5) is 0 Å². The van der Waals surface area contributed by atoms with Gasteiger partial charge in [-0.2, -0.15) is 0 Å². The molecule has 3 aromatic rings. The Morgan fingerprint density at radius 1 is 0.909 bits per heavy atom. The molecule has 0 bridgehead atoms. The molecule has 0 radical (unpaired) electrons. The van der Waals surface area contributed by atoms with Crippen LogP contribution in [0.5, 0.6) is 11.5 Å². The number of halogens is 1. The first-order valence-electron chi connectivity index (χ1n) is 9.98. The molecule has 0 heterocycles. The third kappa shape index (κ3) is 7.30. The molecule has 0 fully saturated rings. The quantitative estimate of drug-likeness (QED) is 0.317. The molecule has 0 aromatic heterocycles. The van der Waals surface area contributed by atoms with Crippen LogP contribution in [0.25, 0.3) is 0 Å². The molecule has 170 valence electrons. The Balaban J connectivity index is 1.43. The number of thiocarbonyl (C=S) groups is 1. The van der Waals surface area contributed by atoms with Crippen LogP contribution in [0, 0.1) is 0 Å². The van der Waals surface area contributed by atoms with Crippen LogP contribution < -0.4 is 25.6 Å². The second-order valence-corrected chi connectivity index (χ2v) is 8.08. The minimum Gasteiger partial charge on any atom is -0.496 e. The number of hydrazine groups is 1. The SMILES string of the molecule is COc1ccc(C(=O)NNC(=S)NC(=O)c2ccc(OCCc3ccccc3)cc2)cc1Br. The van der Waals surface area contributed by atoms with Crippen molar-refractivity contribution in [2.24, 2.45) is 0 Å². The number of carbonyl (C=O) groups excluding carboxylic acids is 2. The maximum atomic E-state index is 12.4. The number of amides is 2. The molecule has 0 saturated heterocycles. The van der Waals surface area contributed by atoms with Gasteiger partial charge in [0, 0.05) is 17.5 Å². The van der Waals surface area contributed by atoms with Gasteiger partial charge in [0.25, 0.3) is 11.8 Å². The van der Waals surface area contributed by atoms with Gasteiger partial charge in [-0.3, -0.25) is 25.8 Å².